The SMILES string of the molecule is CCO[Si](CC[Si](C)(C)C)(OC)OC. The van der Waals surface area contributed by atoms with Crippen LogP contribution in [0.5, 0.6) is 0 Å². The molecule has 0 atom stereocenters. The van der Waals surface area contributed by atoms with Gasteiger partial charge in [-0.25, -0.2) is 0 Å². The van der Waals surface area contributed by atoms with E-state index in [1.165, 1.54) is 6.04 Å². The van der Waals surface area contributed by atoms with Gasteiger partial charge in [-0.05, 0) is 6.92 Å². The van der Waals surface area contributed by atoms with Crippen molar-refractivity contribution in [3.63, 3.8) is 0 Å². The zero-order valence-corrected chi connectivity index (χ0v) is 12.3. The van der Waals surface area contributed by atoms with E-state index in [1.54, 1.807) is 14.2 Å². The van der Waals surface area contributed by atoms with E-state index in [0.717, 1.165) is 6.04 Å². The fraction of sp³-hybridized carbons (Fsp3) is 1.00. The highest BCUT2D eigenvalue weighted by Crippen LogP contribution is 2.22. The lowest BCUT2D eigenvalue weighted by atomic mass is 10.9. The fourth-order valence-electron chi connectivity index (χ4n) is 1.23. The number of hydrogen-bond donors (Lipinski definition) is 0. The third-order valence-corrected chi connectivity index (χ3v) is 7.25. The molecule has 0 unspecified atom stereocenters. The van der Waals surface area contributed by atoms with Gasteiger partial charge in [0.1, 0.15) is 0 Å². The van der Waals surface area contributed by atoms with Crippen LogP contribution in [0.2, 0.25) is 31.7 Å². The largest absolute Gasteiger partial charge is 0.500 e. The number of rotatable bonds is 7. The minimum absolute atomic E-state index is 0.666. The van der Waals surface area contributed by atoms with Gasteiger partial charge in [0, 0.05) is 34.9 Å². The van der Waals surface area contributed by atoms with Crippen LogP contribution in [0.25, 0.3) is 0 Å². The Morgan fingerprint density at radius 2 is 1.43 bits per heavy atom. The van der Waals surface area contributed by atoms with Crippen molar-refractivity contribution in [3.05, 3.63) is 0 Å². The molecule has 0 aromatic heterocycles. The molecule has 0 N–H and O–H groups in total. The average molecular weight is 236 g/mol. The lowest BCUT2D eigenvalue weighted by Crippen LogP contribution is -2.45. The summed E-state index contributed by atoms with van der Waals surface area (Å²) in [4.78, 5) is 0. The number of hydrogen-bond acceptors (Lipinski definition) is 3. The molecule has 0 saturated carbocycles. The Morgan fingerprint density at radius 3 is 1.71 bits per heavy atom. The van der Waals surface area contributed by atoms with Gasteiger partial charge in [-0.3, -0.25) is 0 Å². The Kier molecular flexibility index (Phi) is 6.15. The maximum atomic E-state index is 5.64. The molecule has 0 heterocycles. The van der Waals surface area contributed by atoms with Crippen molar-refractivity contribution in [2.45, 2.75) is 38.7 Å². The Bertz CT molecular complexity index is 153. The second kappa shape index (κ2) is 6.02. The summed E-state index contributed by atoms with van der Waals surface area (Å²) in [5, 5.41) is 0. The maximum Gasteiger partial charge on any atom is 0.500 e. The third kappa shape index (κ3) is 5.26. The molecule has 0 aromatic rings. The van der Waals surface area contributed by atoms with Gasteiger partial charge in [0.25, 0.3) is 0 Å². The molecular formula is C9H24O3Si2. The molecule has 0 bridgehead atoms. The molecule has 14 heavy (non-hydrogen) atoms. The lowest BCUT2D eigenvalue weighted by Gasteiger charge is -2.28. The Labute approximate surface area is 90.1 Å². The first kappa shape index (κ1) is 14.3. The van der Waals surface area contributed by atoms with Crippen LogP contribution in [0.1, 0.15) is 6.92 Å². The summed E-state index contributed by atoms with van der Waals surface area (Å²) in [5.41, 5.74) is 0. The second-order valence-electron chi connectivity index (χ2n) is 4.58. The average Bonchev–Trinajstić information content (AvgIpc) is 2.11. The molecule has 0 spiro atoms. The fourth-order valence-corrected chi connectivity index (χ4v) is 6.85. The van der Waals surface area contributed by atoms with Gasteiger partial charge in [-0.2, -0.15) is 0 Å². The van der Waals surface area contributed by atoms with E-state index < -0.39 is 16.9 Å². The van der Waals surface area contributed by atoms with E-state index >= 15 is 0 Å². The van der Waals surface area contributed by atoms with Crippen LogP contribution in [-0.4, -0.2) is 37.7 Å². The molecule has 0 amide bonds. The molecule has 5 heteroatoms. The zero-order valence-electron chi connectivity index (χ0n) is 10.3. The van der Waals surface area contributed by atoms with Crippen LogP contribution in [-0.2, 0) is 13.3 Å². The Balaban J connectivity index is 4.21. The smallest absolute Gasteiger partial charge is 0.377 e. The molecule has 0 saturated heterocycles. The summed E-state index contributed by atoms with van der Waals surface area (Å²) in [6, 6.07) is 2.14. The molecule has 0 fully saturated rings. The molecule has 86 valence electrons. The van der Waals surface area contributed by atoms with E-state index in [4.69, 9.17) is 13.3 Å². The van der Waals surface area contributed by atoms with Crippen molar-refractivity contribution >= 4 is 16.9 Å². The highest BCUT2D eigenvalue weighted by Gasteiger charge is 2.39. The van der Waals surface area contributed by atoms with Gasteiger partial charge in [0.05, 0.1) is 0 Å². The first-order valence-corrected chi connectivity index (χ1v) is 10.8. The highest BCUT2D eigenvalue weighted by molar-refractivity contribution is 6.77. The molecular weight excluding hydrogens is 212 g/mol. The van der Waals surface area contributed by atoms with Crippen molar-refractivity contribution in [2.75, 3.05) is 20.8 Å². The van der Waals surface area contributed by atoms with E-state index in [0.29, 0.717) is 6.61 Å². The van der Waals surface area contributed by atoms with Crippen LogP contribution in [0.4, 0.5) is 0 Å². The topological polar surface area (TPSA) is 27.7 Å². The summed E-state index contributed by atoms with van der Waals surface area (Å²) in [6.45, 7) is 9.70. The summed E-state index contributed by atoms with van der Waals surface area (Å²) in [5.74, 6) is 0. The summed E-state index contributed by atoms with van der Waals surface area (Å²) >= 11 is 0. The molecule has 0 rings (SSSR count). The minimum atomic E-state index is -2.32. The van der Waals surface area contributed by atoms with Crippen LogP contribution >= 0.6 is 0 Å². The summed E-state index contributed by atoms with van der Waals surface area (Å²) in [6.07, 6.45) is 0. The molecule has 0 aromatic carbocycles. The van der Waals surface area contributed by atoms with Gasteiger partial charge in [-0.1, -0.05) is 25.7 Å². The summed E-state index contributed by atoms with van der Waals surface area (Å²) < 4.78 is 16.5. The normalized spacial score (nSPS) is 13.3. The molecule has 0 aliphatic heterocycles. The van der Waals surface area contributed by atoms with Crippen molar-refractivity contribution in [1.29, 1.82) is 0 Å². The monoisotopic (exact) mass is 236 g/mol. The Morgan fingerprint density at radius 1 is 0.929 bits per heavy atom. The van der Waals surface area contributed by atoms with Crippen LogP contribution in [0.15, 0.2) is 0 Å². The summed E-state index contributed by atoms with van der Waals surface area (Å²) in [7, 11) is 0.0278. The van der Waals surface area contributed by atoms with Crippen molar-refractivity contribution < 1.29 is 13.3 Å². The first-order valence-electron chi connectivity index (χ1n) is 5.13. The van der Waals surface area contributed by atoms with E-state index in [1.807, 2.05) is 6.92 Å². The molecule has 0 radical (unpaired) electrons. The predicted octanol–water partition coefficient (Wildman–Crippen LogP) is 2.59. The standard InChI is InChI=1S/C9H24O3Si2/c1-7-12-14(10-2,11-3)9-8-13(4,5)6/h7-9H2,1-6H3. The minimum Gasteiger partial charge on any atom is -0.377 e. The lowest BCUT2D eigenvalue weighted by molar-refractivity contribution is 0.105. The van der Waals surface area contributed by atoms with Crippen LogP contribution < -0.4 is 0 Å². The van der Waals surface area contributed by atoms with Crippen molar-refractivity contribution in [3.8, 4) is 0 Å². The van der Waals surface area contributed by atoms with Crippen molar-refractivity contribution in [2.24, 2.45) is 0 Å². The molecule has 0 aliphatic carbocycles. The first-order chi connectivity index (χ1) is 6.39. The van der Waals surface area contributed by atoms with Crippen LogP contribution in [0, 0.1) is 0 Å². The Hall–Kier alpha value is 0.314. The van der Waals surface area contributed by atoms with Crippen LogP contribution in [0.3, 0.4) is 0 Å². The van der Waals surface area contributed by atoms with Gasteiger partial charge in [0.15, 0.2) is 0 Å². The predicted molar refractivity (Wildman–Crippen MR) is 64.4 cm³/mol. The van der Waals surface area contributed by atoms with Gasteiger partial charge < -0.3 is 13.3 Å². The zero-order chi connectivity index (χ0) is 11.2. The van der Waals surface area contributed by atoms with E-state index in [-0.39, 0.29) is 0 Å². The van der Waals surface area contributed by atoms with Gasteiger partial charge in [-0.15, -0.1) is 0 Å². The van der Waals surface area contributed by atoms with Gasteiger partial charge >= 0.3 is 8.80 Å². The van der Waals surface area contributed by atoms with Crippen molar-refractivity contribution in [1.82, 2.24) is 0 Å². The quantitative estimate of drug-likeness (QED) is 0.636. The molecule has 3 nitrogen and oxygen atoms in total. The highest BCUT2D eigenvalue weighted by atomic mass is 28.4. The molecule has 0 aliphatic rings. The van der Waals surface area contributed by atoms with E-state index in [9.17, 15) is 0 Å². The second-order valence-corrected chi connectivity index (χ2v) is 13.2. The third-order valence-electron chi connectivity index (χ3n) is 2.17. The van der Waals surface area contributed by atoms with E-state index in [2.05, 4.69) is 19.6 Å². The maximum absolute atomic E-state index is 5.64. The van der Waals surface area contributed by atoms with Gasteiger partial charge in [0.2, 0.25) is 0 Å².